The van der Waals surface area contributed by atoms with E-state index in [1.165, 1.54) is 0 Å². The summed E-state index contributed by atoms with van der Waals surface area (Å²) in [6.07, 6.45) is -0.0532. The molecule has 1 aromatic carbocycles. The topological polar surface area (TPSA) is 87.7 Å². The van der Waals surface area contributed by atoms with Gasteiger partial charge in [0.1, 0.15) is 18.2 Å². The summed E-state index contributed by atoms with van der Waals surface area (Å²) in [4.78, 5) is 41.0. The monoisotopic (exact) mass is 461 g/mol. The molecule has 0 aliphatic rings. The molecule has 0 spiro atoms. The minimum atomic E-state index is -0.855. The van der Waals surface area contributed by atoms with Crippen molar-refractivity contribution in [2.45, 2.75) is 105 Å². The van der Waals surface area contributed by atoms with E-state index in [2.05, 4.69) is 10.6 Å². The third-order valence-corrected chi connectivity index (χ3v) is 5.30. The molecule has 3 amide bonds. The molecule has 33 heavy (non-hydrogen) atoms. The largest absolute Gasteiger partial charge is 0.444 e. The molecule has 0 saturated carbocycles. The third kappa shape index (κ3) is 8.71. The minimum absolute atomic E-state index is 0.261. The predicted molar refractivity (Wildman–Crippen MR) is 132 cm³/mol. The van der Waals surface area contributed by atoms with Crippen LogP contribution in [0, 0.1) is 13.8 Å². The van der Waals surface area contributed by atoms with Crippen molar-refractivity contribution in [3.05, 3.63) is 34.9 Å². The van der Waals surface area contributed by atoms with Gasteiger partial charge in [0.2, 0.25) is 11.8 Å². The van der Waals surface area contributed by atoms with E-state index in [1.807, 2.05) is 73.6 Å². The number of alkyl carbamates (subject to hydrolysis) is 1. The van der Waals surface area contributed by atoms with Gasteiger partial charge in [-0.15, -0.1) is 0 Å². The number of amides is 3. The summed E-state index contributed by atoms with van der Waals surface area (Å²) >= 11 is 0. The van der Waals surface area contributed by atoms with E-state index in [1.54, 1.807) is 25.7 Å². The number of aryl methyl sites for hydroxylation is 2. The van der Waals surface area contributed by atoms with Crippen LogP contribution >= 0.6 is 0 Å². The fourth-order valence-electron chi connectivity index (χ4n) is 3.44. The van der Waals surface area contributed by atoms with E-state index in [0.717, 1.165) is 16.7 Å². The first-order valence-corrected chi connectivity index (χ1v) is 11.6. The van der Waals surface area contributed by atoms with Crippen LogP contribution < -0.4 is 10.6 Å². The average Bonchev–Trinajstić information content (AvgIpc) is 2.63. The molecule has 0 radical (unpaired) electrons. The van der Waals surface area contributed by atoms with Crippen LogP contribution in [0.2, 0.25) is 0 Å². The lowest BCUT2D eigenvalue weighted by Gasteiger charge is -2.44. The Balaban J connectivity index is 3.49. The van der Waals surface area contributed by atoms with Crippen LogP contribution in [0.1, 0.15) is 91.5 Å². The van der Waals surface area contributed by atoms with Gasteiger partial charge in [-0.05, 0) is 86.8 Å². The quantitative estimate of drug-likeness (QED) is 0.610. The number of carbonyl (C=O) groups excluding carboxylic acids is 3. The molecule has 0 heterocycles. The number of nitrogens with zero attached hydrogens (tertiary/aromatic N) is 1. The third-order valence-electron chi connectivity index (χ3n) is 5.30. The Bertz CT molecular complexity index is 863. The molecule has 7 heteroatoms. The van der Waals surface area contributed by atoms with Crippen molar-refractivity contribution >= 4 is 17.9 Å². The summed E-state index contributed by atoms with van der Waals surface area (Å²) in [5, 5.41) is 5.60. The van der Waals surface area contributed by atoms with Crippen molar-refractivity contribution in [1.29, 1.82) is 0 Å². The van der Waals surface area contributed by atoms with Gasteiger partial charge in [0, 0.05) is 11.1 Å². The molecule has 1 rings (SSSR count). The van der Waals surface area contributed by atoms with Crippen molar-refractivity contribution in [3.63, 3.8) is 0 Å². The van der Waals surface area contributed by atoms with Gasteiger partial charge in [-0.3, -0.25) is 9.59 Å². The number of ether oxygens (including phenoxy) is 1. The van der Waals surface area contributed by atoms with Crippen LogP contribution in [0.4, 0.5) is 4.79 Å². The molecule has 0 saturated heterocycles. The fraction of sp³-hybridized carbons (Fsp3) is 0.654. The van der Waals surface area contributed by atoms with Crippen molar-refractivity contribution in [2.75, 3.05) is 6.54 Å². The molecular formula is C26H43N3O4. The Labute approximate surface area is 199 Å². The van der Waals surface area contributed by atoms with Gasteiger partial charge in [-0.25, -0.2) is 4.79 Å². The lowest BCUT2D eigenvalue weighted by molar-refractivity contribution is -0.147. The standard InChI is InChI=1S/C26H43N3O4/c1-12-26(10,11)29(20(30)16-27-23(32)33-25(7,8)9)21(22(31)28-24(4,5)6)19-15-17(2)13-14-18(19)3/h13-15,21H,12,16H2,1-11H3,(H,27,32)(H,28,31). The first-order valence-electron chi connectivity index (χ1n) is 11.6. The molecule has 7 nitrogen and oxygen atoms in total. The summed E-state index contributed by atoms with van der Waals surface area (Å²) in [5.41, 5.74) is 0.875. The molecule has 186 valence electrons. The van der Waals surface area contributed by atoms with Crippen LogP contribution in [0.3, 0.4) is 0 Å². The Morgan fingerprint density at radius 3 is 2.06 bits per heavy atom. The van der Waals surface area contributed by atoms with Crippen molar-refractivity contribution in [1.82, 2.24) is 15.5 Å². The molecule has 1 unspecified atom stereocenters. The number of hydrogen-bond donors (Lipinski definition) is 2. The average molecular weight is 462 g/mol. The van der Waals surface area contributed by atoms with E-state index in [4.69, 9.17) is 4.74 Å². The fourth-order valence-corrected chi connectivity index (χ4v) is 3.44. The molecule has 0 bridgehead atoms. The summed E-state index contributed by atoms with van der Waals surface area (Å²) < 4.78 is 5.27. The zero-order valence-corrected chi connectivity index (χ0v) is 22.3. The van der Waals surface area contributed by atoms with Gasteiger partial charge in [0.05, 0.1) is 0 Å². The van der Waals surface area contributed by atoms with E-state index in [0.29, 0.717) is 6.42 Å². The second-order valence-corrected chi connectivity index (χ2v) is 11.3. The maximum absolute atomic E-state index is 13.6. The highest BCUT2D eigenvalue weighted by molar-refractivity contribution is 5.91. The summed E-state index contributed by atoms with van der Waals surface area (Å²) in [6.45, 7) is 20.5. The van der Waals surface area contributed by atoms with E-state index < -0.39 is 28.8 Å². The first kappa shape index (κ1) is 28.5. The smallest absolute Gasteiger partial charge is 0.408 e. The van der Waals surface area contributed by atoms with Crippen LogP contribution in [0.15, 0.2) is 18.2 Å². The minimum Gasteiger partial charge on any atom is -0.444 e. The van der Waals surface area contributed by atoms with Gasteiger partial charge in [-0.2, -0.15) is 0 Å². The van der Waals surface area contributed by atoms with E-state index >= 15 is 0 Å². The maximum atomic E-state index is 13.6. The molecule has 0 aliphatic carbocycles. The molecule has 1 atom stereocenters. The SMILES string of the molecule is CCC(C)(C)N(C(=O)CNC(=O)OC(C)(C)C)C(C(=O)NC(C)(C)C)c1cc(C)ccc1C. The van der Waals surface area contributed by atoms with Gasteiger partial charge in [0.15, 0.2) is 0 Å². The van der Waals surface area contributed by atoms with Crippen LogP contribution in [-0.4, -0.2) is 46.0 Å². The van der Waals surface area contributed by atoms with Crippen molar-refractivity contribution < 1.29 is 19.1 Å². The summed E-state index contributed by atoms with van der Waals surface area (Å²) in [5.74, 6) is -0.619. The molecule has 1 aromatic rings. The Hall–Kier alpha value is -2.57. The van der Waals surface area contributed by atoms with Gasteiger partial charge in [0.25, 0.3) is 0 Å². The van der Waals surface area contributed by atoms with Crippen LogP contribution in [-0.2, 0) is 14.3 Å². The lowest BCUT2D eigenvalue weighted by atomic mass is 9.90. The van der Waals surface area contributed by atoms with E-state index in [9.17, 15) is 14.4 Å². The summed E-state index contributed by atoms with van der Waals surface area (Å²) in [7, 11) is 0. The highest BCUT2D eigenvalue weighted by Crippen LogP contribution is 2.33. The molecular weight excluding hydrogens is 418 g/mol. The number of rotatable bonds is 7. The van der Waals surface area contributed by atoms with Crippen LogP contribution in [0.25, 0.3) is 0 Å². The molecule has 0 aromatic heterocycles. The number of benzene rings is 1. The predicted octanol–water partition coefficient (Wildman–Crippen LogP) is 4.80. The Morgan fingerprint density at radius 2 is 1.58 bits per heavy atom. The second kappa shape index (κ2) is 10.6. The number of nitrogens with one attached hydrogen (secondary N) is 2. The second-order valence-electron chi connectivity index (χ2n) is 11.3. The zero-order valence-electron chi connectivity index (χ0n) is 22.3. The summed E-state index contributed by atoms with van der Waals surface area (Å²) in [6, 6.07) is 5.05. The lowest BCUT2D eigenvalue weighted by Crippen LogP contribution is -2.57. The normalized spacial score (nSPS) is 13.2. The highest BCUT2D eigenvalue weighted by atomic mass is 16.6. The Kier molecular flexibility index (Phi) is 9.12. The highest BCUT2D eigenvalue weighted by Gasteiger charge is 2.41. The zero-order chi connectivity index (χ0) is 25.8. The van der Waals surface area contributed by atoms with Crippen molar-refractivity contribution in [3.8, 4) is 0 Å². The Morgan fingerprint density at radius 1 is 1.00 bits per heavy atom. The number of hydrogen-bond acceptors (Lipinski definition) is 4. The first-order chi connectivity index (χ1) is 14.9. The molecule has 0 fully saturated rings. The molecule has 0 aliphatic heterocycles. The number of carbonyl (C=O) groups is 3. The van der Waals surface area contributed by atoms with Gasteiger partial charge in [-0.1, -0.05) is 30.7 Å². The molecule has 2 N–H and O–H groups in total. The van der Waals surface area contributed by atoms with E-state index in [-0.39, 0.29) is 18.4 Å². The van der Waals surface area contributed by atoms with Crippen molar-refractivity contribution in [2.24, 2.45) is 0 Å². The van der Waals surface area contributed by atoms with Crippen LogP contribution in [0.5, 0.6) is 0 Å². The van der Waals surface area contributed by atoms with Gasteiger partial charge >= 0.3 is 6.09 Å². The van der Waals surface area contributed by atoms with Gasteiger partial charge < -0.3 is 20.3 Å². The maximum Gasteiger partial charge on any atom is 0.408 e.